The standard InChI is InChI=1S/C13H11ClF3N7/c14-9-3-18-23(7-9)6-8-4-22(5-8)11-2-1-10-19-20-12(13(15,16)17)24(10)21-11/h1-3,7-8H,4-6H2. The van der Waals surface area contributed by atoms with Crippen LogP contribution in [0.15, 0.2) is 24.5 Å². The fourth-order valence-electron chi connectivity index (χ4n) is 2.70. The Morgan fingerprint density at radius 3 is 2.67 bits per heavy atom. The molecule has 0 radical (unpaired) electrons. The maximum Gasteiger partial charge on any atom is 0.453 e. The van der Waals surface area contributed by atoms with Crippen LogP contribution < -0.4 is 4.90 Å². The van der Waals surface area contributed by atoms with Crippen LogP contribution in [0.4, 0.5) is 19.0 Å². The average Bonchev–Trinajstić information content (AvgIpc) is 3.07. The predicted octanol–water partition coefficient (Wildman–Crippen LogP) is 2.13. The molecule has 1 fully saturated rings. The van der Waals surface area contributed by atoms with Gasteiger partial charge in [0.15, 0.2) is 5.65 Å². The van der Waals surface area contributed by atoms with E-state index < -0.39 is 12.0 Å². The van der Waals surface area contributed by atoms with Crippen LogP contribution in [0.5, 0.6) is 0 Å². The van der Waals surface area contributed by atoms with Gasteiger partial charge in [0.1, 0.15) is 5.82 Å². The lowest BCUT2D eigenvalue weighted by Crippen LogP contribution is -2.49. The normalized spacial score (nSPS) is 15.9. The molecule has 126 valence electrons. The number of anilines is 1. The van der Waals surface area contributed by atoms with Crippen molar-refractivity contribution in [3.63, 3.8) is 0 Å². The maximum atomic E-state index is 12.9. The molecule has 24 heavy (non-hydrogen) atoms. The first-order chi connectivity index (χ1) is 11.4. The summed E-state index contributed by atoms with van der Waals surface area (Å²) < 4.78 is 41.2. The van der Waals surface area contributed by atoms with Crippen molar-refractivity contribution in [2.45, 2.75) is 12.7 Å². The molecule has 0 N–H and O–H groups in total. The van der Waals surface area contributed by atoms with Gasteiger partial charge in [-0.05, 0) is 12.1 Å². The molecule has 1 aliphatic rings. The summed E-state index contributed by atoms with van der Waals surface area (Å²) in [6.07, 6.45) is -1.29. The third-order valence-corrected chi connectivity index (χ3v) is 4.03. The average molecular weight is 358 g/mol. The molecule has 0 aliphatic carbocycles. The molecular weight excluding hydrogens is 347 g/mol. The van der Waals surface area contributed by atoms with E-state index in [0.29, 0.717) is 36.4 Å². The zero-order valence-electron chi connectivity index (χ0n) is 12.2. The summed E-state index contributed by atoms with van der Waals surface area (Å²) in [4.78, 5) is 1.90. The first-order valence-corrected chi connectivity index (χ1v) is 7.50. The molecule has 0 spiro atoms. The molecule has 0 aromatic carbocycles. The van der Waals surface area contributed by atoms with Crippen LogP contribution in [0, 0.1) is 5.92 Å². The molecule has 0 atom stereocenters. The van der Waals surface area contributed by atoms with Crippen LogP contribution in [0.25, 0.3) is 5.65 Å². The van der Waals surface area contributed by atoms with Gasteiger partial charge in [0, 0.05) is 31.7 Å². The van der Waals surface area contributed by atoms with E-state index in [2.05, 4.69) is 20.4 Å². The van der Waals surface area contributed by atoms with Gasteiger partial charge in [-0.3, -0.25) is 4.68 Å². The van der Waals surface area contributed by atoms with E-state index >= 15 is 0 Å². The van der Waals surface area contributed by atoms with Crippen molar-refractivity contribution in [1.82, 2.24) is 29.6 Å². The molecule has 1 saturated heterocycles. The highest BCUT2D eigenvalue weighted by Crippen LogP contribution is 2.29. The Morgan fingerprint density at radius 1 is 1.21 bits per heavy atom. The van der Waals surface area contributed by atoms with Gasteiger partial charge >= 0.3 is 6.18 Å². The molecule has 0 bridgehead atoms. The lowest BCUT2D eigenvalue weighted by Gasteiger charge is -2.39. The van der Waals surface area contributed by atoms with Crippen LogP contribution in [-0.4, -0.2) is 42.7 Å². The summed E-state index contributed by atoms with van der Waals surface area (Å²) in [5.41, 5.74) is 0.0642. The Morgan fingerprint density at radius 2 is 2.00 bits per heavy atom. The molecule has 3 aromatic heterocycles. The smallest absolute Gasteiger partial charge is 0.354 e. The third kappa shape index (κ3) is 2.66. The molecule has 11 heteroatoms. The van der Waals surface area contributed by atoms with E-state index in [1.807, 2.05) is 4.90 Å². The summed E-state index contributed by atoms with van der Waals surface area (Å²) in [7, 11) is 0. The topological polar surface area (TPSA) is 64.1 Å². The lowest BCUT2D eigenvalue weighted by atomic mass is 10.0. The van der Waals surface area contributed by atoms with Crippen LogP contribution in [-0.2, 0) is 12.7 Å². The Bertz CT molecular complexity index is 881. The van der Waals surface area contributed by atoms with Crippen LogP contribution in [0.1, 0.15) is 5.82 Å². The molecular formula is C13H11ClF3N7. The quantitative estimate of drug-likeness (QED) is 0.718. The zero-order chi connectivity index (χ0) is 16.9. The van der Waals surface area contributed by atoms with E-state index in [0.717, 1.165) is 4.52 Å². The molecule has 4 heterocycles. The number of rotatable bonds is 3. The Kier molecular flexibility index (Phi) is 3.37. The minimum Gasteiger partial charge on any atom is -0.354 e. The number of nitrogens with zero attached hydrogens (tertiary/aromatic N) is 7. The third-order valence-electron chi connectivity index (χ3n) is 3.83. The second kappa shape index (κ2) is 5.33. The number of fused-ring (bicyclic) bond motifs is 1. The van der Waals surface area contributed by atoms with Crippen LogP contribution in [0.3, 0.4) is 0 Å². The van der Waals surface area contributed by atoms with Crippen LogP contribution in [0.2, 0.25) is 5.02 Å². The minimum atomic E-state index is -4.60. The highest BCUT2D eigenvalue weighted by atomic mass is 35.5. The number of aromatic nitrogens is 6. The minimum absolute atomic E-state index is 0.0642. The van der Waals surface area contributed by atoms with Gasteiger partial charge in [0.25, 0.3) is 5.82 Å². The van der Waals surface area contributed by atoms with E-state index in [9.17, 15) is 13.2 Å². The van der Waals surface area contributed by atoms with E-state index in [1.165, 1.54) is 6.07 Å². The summed E-state index contributed by atoms with van der Waals surface area (Å²) in [5, 5.41) is 15.4. The fourth-order valence-corrected chi connectivity index (χ4v) is 2.86. The number of hydrogen-bond donors (Lipinski definition) is 0. The van der Waals surface area contributed by atoms with Crippen molar-refractivity contribution in [2.24, 2.45) is 5.92 Å². The summed E-state index contributed by atoms with van der Waals surface area (Å²) in [6.45, 7) is 2.06. The van der Waals surface area contributed by atoms with Gasteiger partial charge in [-0.25, -0.2) is 0 Å². The SMILES string of the molecule is FC(F)(F)c1nnc2ccc(N3CC(Cn4cc(Cl)cn4)C3)nn12. The van der Waals surface area contributed by atoms with Crippen molar-refractivity contribution in [3.05, 3.63) is 35.4 Å². The lowest BCUT2D eigenvalue weighted by molar-refractivity contribution is -0.146. The zero-order valence-corrected chi connectivity index (χ0v) is 12.9. The largest absolute Gasteiger partial charge is 0.453 e. The van der Waals surface area contributed by atoms with E-state index in [1.54, 1.807) is 23.1 Å². The summed E-state index contributed by atoms with van der Waals surface area (Å²) in [6, 6.07) is 3.12. The molecule has 4 rings (SSSR count). The van der Waals surface area contributed by atoms with Crippen molar-refractivity contribution in [1.29, 1.82) is 0 Å². The Labute approximate surface area is 138 Å². The second-order valence-electron chi connectivity index (χ2n) is 5.63. The Balaban J connectivity index is 1.49. The highest BCUT2D eigenvalue weighted by Gasteiger charge is 2.38. The van der Waals surface area contributed by atoms with Crippen molar-refractivity contribution in [3.8, 4) is 0 Å². The van der Waals surface area contributed by atoms with E-state index in [-0.39, 0.29) is 5.65 Å². The van der Waals surface area contributed by atoms with Gasteiger partial charge in [0.05, 0.1) is 11.2 Å². The monoisotopic (exact) mass is 357 g/mol. The van der Waals surface area contributed by atoms with Gasteiger partial charge in [-0.15, -0.1) is 15.3 Å². The highest BCUT2D eigenvalue weighted by molar-refractivity contribution is 6.30. The maximum absolute atomic E-state index is 12.9. The molecule has 7 nitrogen and oxygen atoms in total. The van der Waals surface area contributed by atoms with Gasteiger partial charge in [-0.2, -0.15) is 22.8 Å². The van der Waals surface area contributed by atoms with Crippen molar-refractivity contribution >= 4 is 23.1 Å². The molecule has 0 saturated carbocycles. The number of halogens is 4. The second-order valence-corrected chi connectivity index (χ2v) is 6.07. The molecule has 1 aliphatic heterocycles. The van der Waals surface area contributed by atoms with Gasteiger partial charge in [0.2, 0.25) is 0 Å². The Hall–Kier alpha value is -2.36. The van der Waals surface area contributed by atoms with Crippen molar-refractivity contribution < 1.29 is 13.2 Å². The number of hydrogen-bond acceptors (Lipinski definition) is 5. The van der Waals surface area contributed by atoms with Gasteiger partial charge < -0.3 is 4.90 Å². The van der Waals surface area contributed by atoms with E-state index in [4.69, 9.17) is 11.6 Å². The summed E-state index contributed by atoms with van der Waals surface area (Å²) >= 11 is 5.82. The van der Waals surface area contributed by atoms with Crippen LogP contribution >= 0.6 is 11.6 Å². The van der Waals surface area contributed by atoms with Crippen molar-refractivity contribution in [2.75, 3.05) is 18.0 Å². The first kappa shape index (κ1) is 15.2. The predicted molar refractivity (Wildman–Crippen MR) is 78.7 cm³/mol. The van der Waals surface area contributed by atoms with Gasteiger partial charge in [-0.1, -0.05) is 11.6 Å². The summed E-state index contributed by atoms with van der Waals surface area (Å²) in [5.74, 6) is -0.327. The molecule has 3 aromatic rings. The fraction of sp³-hybridized carbons (Fsp3) is 0.385. The molecule has 0 unspecified atom stereocenters. The first-order valence-electron chi connectivity index (χ1n) is 7.13. The molecule has 0 amide bonds. The number of alkyl halides is 3.